The van der Waals surface area contributed by atoms with Crippen LogP contribution in [-0.4, -0.2) is 44.8 Å². The fraction of sp³-hybridized carbons (Fsp3) is 0.625. The van der Waals surface area contributed by atoms with Crippen LogP contribution in [0, 0.1) is 0 Å². The molecule has 6 heteroatoms. The van der Waals surface area contributed by atoms with E-state index in [1.165, 1.54) is 0 Å². The lowest BCUT2D eigenvalue weighted by Crippen LogP contribution is -2.51. The van der Waals surface area contributed by atoms with Gasteiger partial charge in [-0.15, -0.1) is 0 Å². The van der Waals surface area contributed by atoms with E-state index in [1.807, 2.05) is 12.1 Å². The fourth-order valence-electron chi connectivity index (χ4n) is 3.02. The van der Waals surface area contributed by atoms with Crippen molar-refractivity contribution in [2.45, 2.75) is 43.3 Å². The van der Waals surface area contributed by atoms with Crippen LogP contribution in [0.3, 0.4) is 0 Å². The summed E-state index contributed by atoms with van der Waals surface area (Å²) in [6.45, 7) is 4.34. The first kappa shape index (κ1) is 15.9. The minimum atomic E-state index is -3.42. The summed E-state index contributed by atoms with van der Waals surface area (Å²) in [5, 5.41) is 0. The summed E-state index contributed by atoms with van der Waals surface area (Å²) >= 11 is 0. The van der Waals surface area contributed by atoms with Crippen LogP contribution in [0.25, 0.3) is 0 Å². The highest BCUT2D eigenvalue weighted by Gasteiger charge is 2.41. The molecule has 3 rings (SSSR count). The van der Waals surface area contributed by atoms with Crippen LogP contribution in [0.5, 0.6) is 0 Å². The predicted molar refractivity (Wildman–Crippen MR) is 83.1 cm³/mol. The van der Waals surface area contributed by atoms with E-state index < -0.39 is 15.8 Å². The number of rotatable bonds is 3. The summed E-state index contributed by atoms with van der Waals surface area (Å²) in [5.41, 5.74) is 1.14. The van der Waals surface area contributed by atoms with Gasteiger partial charge >= 0.3 is 0 Å². The molecule has 1 aromatic carbocycles. The van der Waals surface area contributed by atoms with Crippen LogP contribution in [0.15, 0.2) is 29.2 Å². The molecule has 0 atom stereocenters. The Kier molecular flexibility index (Phi) is 4.54. The van der Waals surface area contributed by atoms with E-state index in [4.69, 9.17) is 9.47 Å². The first-order valence-electron chi connectivity index (χ1n) is 7.93. The van der Waals surface area contributed by atoms with Crippen LogP contribution in [0.1, 0.15) is 31.7 Å². The van der Waals surface area contributed by atoms with E-state index in [0.29, 0.717) is 44.0 Å². The van der Waals surface area contributed by atoms with Crippen molar-refractivity contribution in [1.82, 2.24) is 4.31 Å². The normalized spacial score (nSPS) is 22.8. The lowest BCUT2D eigenvalue weighted by Gasteiger charge is -2.42. The van der Waals surface area contributed by atoms with E-state index in [0.717, 1.165) is 18.4 Å². The molecule has 122 valence electrons. The van der Waals surface area contributed by atoms with Crippen molar-refractivity contribution in [3.63, 3.8) is 0 Å². The Morgan fingerprint density at radius 2 is 1.68 bits per heavy atom. The Bertz CT molecular complexity index is 596. The van der Waals surface area contributed by atoms with Crippen molar-refractivity contribution < 1.29 is 17.9 Å². The number of hydrogen-bond donors (Lipinski definition) is 0. The SMILES string of the molecule is CCc1ccc(S(=O)(=O)N2CCC3(CC2)OCCCO3)cc1. The molecule has 2 fully saturated rings. The number of aryl methyl sites for hydroxylation is 1. The molecule has 0 aliphatic carbocycles. The largest absolute Gasteiger partial charge is 0.350 e. The molecular formula is C16H23NO4S. The van der Waals surface area contributed by atoms with Gasteiger partial charge in [-0.1, -0.05) is 19.1 Å². The minimum absolute atomic E-state index is 0.367. The maximum atomic E-state index is 12.7. The zero-order chi connectivity index (χ0) is 15.6. The second kappa shape index (κ2) is 6.28. The third kappa shape index (κ3) is 3.06. The average Bonchev–Trinajstić information content (AvgIpc) is 2.56. The van der Waals surface area contributed by atoms with Gasteiger partial charge in [0, 0.05) is 25.9 Å². The van der Waals surface area contributed by atoms with Gasteiger partial charge in [0.25, 0.3) is 0 Å². The van der Waals surface area contributed by atoms with E-state index in [2.05, 4.69) is 6.92 Å². The molecule has 0 amide bonds. The topological polar surface area (TPSA) is 55.8 Å². The number of hydrogen-bond acceptors (Lipinski definition) is 4. The first-order chi connectivity index (χ1) is 10.6. The summed E-state index contributed by atoms with van der Waals surface area (Å²) in [7, 11) is -3.42. The standard InChI is InChI=1S/C16H23NO4S/c1-2-14-4-6-15(7-5-14)22(18,19)17-10-8-16(9-11-17)20-12-3-13-21-16/h4-7H,2-3,8-13H2,1H3. The van der Waals surface area contributed by atoms with Gasteiger partial charge in [-0.05, 0) is 30.5 Å². The molecule has 1 aromatic rings. The van der Waals surface area contributed by atoms with E-state index in [1.54, 1.807) is 16.4 Å². The van der Waals surface area contributed by atoms with E-state index >= 15 is 0 Å². The molecule has 0 radical (unpaired) electrons. The quantitative estimate of drug-likeness (QED) is 0.854. The summed E-state index contributed by atoms with van der Waals surface area (Å²) in [5.74, 6) is -0.559. The zero-order valence-electron chi connectivity index (χ0n) is 13.0. The highest BCUT2D eigenvalue weighted by atomic mass is 32.2. The average molecular weight is 325 g/mol. The minimum Gasteiger partial charge on any atom is -0.350 e. The Morgan fingerprint density at radius 1 is 1.09 bits per heavy atom. The Labute approximate surface area is 132 Å². The van der Waals surface area contributed by atoms with Gasteiger partial charge in [0.05, 0.1) is 18.1 Å². The Balaban J connectivity index is 1.71. The van der Waals surface area contributed by atoms with Crippen LogP contribution < -0.4 is 0 Å². The van der Waals surface area contributed by atoms with Crippen LogP contribution in [0.2, 0.25) is 0 Å². The fourth-order valence-corrected chi connectivity index (χ4v) is 4.46. The molecule has 0 saturated carbocycles. The highest BCUT2D eigenvalue weighted by molar-refractivity contribution is 7.89. The number of benzene rings is 1. The van der Waals surface area contributed by atoms with E-state index in [9.17, 15) is 8.42 Å². The van der Waals surface area contributed by atoms with Crippen molar-refractivity contribution in [2.24, 2.45) is 0 Å². The van der Waals surface area contributed by atoms with Crippen molar-refractivity contribution >= 4 is 10.0 Å². The molecule has 0 bridgehead atoms. The van der Waals surface area contributed by atoms with Gasteiger partial charge in [-0.2, -0.15) is 4.31 Å². The molecular weight excluding hydrogens is 302 g/mol. The number of sulfonamides is 1. The molecule has 0 unspecified atom stereocenters. The van der Waals surface area contributed by atoms with Gasteiger partial charge in [-0.25, -0.2) is 8.42 Å². The molecule has 2 aliphatic rings. The van der Waals surface area contributed by atoms with Crippen molar-refractivity contribution in [3.8, 4) is 0 Å². The molecule has 22 heavy (non-hydrogen) atoms. The third-order valence-electron chi connectivity index (χ3n) is 4.47. The third-order valence-corrected chi connectivity index (χ3v) is 6.39. The van der Waals surface area contributed by atoms with Gasteiger partial charge in [0.15, 0.2) is 5.79 Å². The second-order valence-electron chi connectivity index (χ2n) is 5.86. The predicted octanol–water partition coefficient (Wildman–Crippen LogP) is 2.17. The van der Waals surface area contributed by atoms with Crippen LogP contribution in [-0.2, 0) is 25.9 Å². The van der Waals surface area contributed by atoms with Gasteiger partial charge in [0.1, 0.15) is 0 Å². The smallest absolute Gasteiger partial charge is 0.243 e. The van der Waals surface area contributed by atoms with E-state index in [-0.39, 0.29) is 0 Å². The molecule has 0 N–H and O–H groups in total. The molecule has 2 saturated heterocycles. The highest BCUT2D eigenvalue weighted by Crippen LogP contribution is 2.32. The van der Waals surface area contributed by atoms with Crippen molar-refractivity contribution in [3.05, 3.63) is 29.8 Å². The summed E-state index contributed by atoms with van der Waals surface area (Å²) in [6.07, 6.45) is 3.01. The maximum Gasteiger partial charge on any atom is 0.243 e. The van der Waals surface area contributed by atoms with Gasteiger partial charge < -0.3 is 9.47 Å². The molecule has 1 spiro atoms. The summed E-state index contributed by atoms with van der Waals surface area (Å²) in [4.78, 5) is 0.367. The number of ether oxygens (including phenoxy) is 2. The zero-order valence-corrected chi connectivity index (χ0v) is 13.8. The van der Waals surface area contributed by atoms with Crippen LogP contribution in [0.4, 0.5) is 0 Å². The second-order valence-corrected chi connectivity index (χ2v) is 7.80. The molecule has 0 aromatic heterocycles. The molecule has 5 nitrogen and oxygen atoms in total. The lowest BCUT2D eigenvalue weighted by atomic mass is 10.0. The Hall–Kier alpha value is -0.950. The maximum absolute atomic E-state index is 12.7. The van der Waals surface area contributed by atoms with Gasteiger partial charge in [-0.3, -0.25) is 0 Å². The number of piperidine rings is 1. The first-order valence-corrected chi connectivity index (χ1v) is 9.37. The van der Waals surface area contributed by atoms with Crippen molar-refractivity contribution in [1.29, 1.82) is 0 Å². The van der Waals surface area contributed by atoms with Crippen molar-refractivity contribution in [2.75, 3.05) is 26.3 Å². The summed E-state index contributed by atoms with van der Waals surface area (Å²) < 4.78 is 38.5. The van der Waals surface area contributed by atoms with Crippen LogP contribution >= 0.6 is 0 Å². The summed E-state index contributed by atoms with van der Waals surface area (Å²) in [6, 6.07) is 7.16. The molecule has 2 aliphatic heterocycles. The lowest BCUT2D eigenvalue weighted by molar-refractivity contribution is -0.280. The Morgan fingerprint density at radius 3 is 2.23 bits per heavy atom. The molecule has 2 heterocycles. The van der Waals surface area contributed by atoms with Gasteiger partial charge in [0.2, 0.25) is 10.0 Å². The number of nitrogens with zero attached hydrogens (tertiary/aromatic N) is 1. The monoisotopic (exact) mass is 325 g/mol.